The van der Waals surface area contributed by atoms with E-state index in [1.807, 2.05) is 72.9 Å². The molecule has 0 N–H and O–H groups in total. The molecule has 9 rings (SSSR count). The molecule has 5 aromatic carbocycles. The average Bonchev–Trinajstić information content (AvgIpc) is 3.54. The maximum absolute atomic E-state index is 5.11. The van der Waals surface area contributed by atoms with Gasteiger partial charge in [-0.05, 0) is 99.9 Å². The van der Waals surface area contributed by atoms with Crippen LogP contribution in [0.15, 0.2) is 176 Å². The van der Waals surface area contributed by atoms with Gasteiger partial charge in [0.15, 0.2) is 17.5 Å². The van der Waals surface area contributed by atoms with E-state index in [1.165, 1.54) is 27.8 Å². The second kappa shape index (κ2) is 12.7. The molecule has 0 saturated carbocycles. The number of aromatic nitrogens is 4. The Morgan fingerprint density at radius 1 is 0.647 bits per heavy atom. The minimum Gasteiger partial charge on any atom is -0.256 e. The van der Waals surface area contributed by atoms with Gasteiger partial charge in [0, 0.05) is 34.2 Å². The van der Waals surface area contributed by atoms with Crippen LogP contribution in [0, 0.1) is 0 Å². The highest BCUT2D eigenvalue weighted by Gasteiger charge is 2.34. The van der Waals surface area contributed by atoms with Crippen LogP contribution in [0.2, 0.25) is 0 Å². The Labute approximate surface area is 298 Å². The number of hydrogen-bond donors (Lipinski definition) is 0. The summed E-state index contributed by atoms with van der Waals surface area (Å²) in [5, 5.41) is 1.09. The minimum atomic E-state index is 0.310. The highest BCUT2D eigenvalue weighted by atomic mass is 15.0. The van der Waals surface area contributed by atoms with Gasteiger partial charge in [0.2, 0.25) is 0 Å². The molecule has 242 valence electrons. The van der Waals surface area contributed by atoms with Crippen LogP contribution in [-0.2, 0) is 0 Å². The first kappa shape index (κ1) is 30.5. The van der Waals surface area contributed by atoms with Gasteiger partial charge >= 0.3 is 0 Å². The maximum atomic E-state index is 5.11. The maximum Gasteiger partial charge on any atom is 0.164 e. The summed E-state index contributed by atoms with van der Waals surface area (Å²) in [6, 6.07) is 46.2. The third-order valence-corrected chi connectivity index (χ3v) is 10.0. The topological polar surface area (TPSA) is 51.6 Å². The van der Waals surface area contributed by atoms with Crippen molar-refractivity contribution in [3.8, 4) is 45.3 Å². The molecule has 0 saturated heterocycles. The lowest BCUT2D eigenvalue weighted by Gasteiger charge is -2.23. The SMILES string of the molecule is C=C(C1=C2/C(=C\C)c3ccccc3C2CC=C1)c1cc(-c2ccc3ncccc3c2)cc(-c2nc(-c3ccccc3)nc(-c3ccccc3)n2)c1. The fraction of sp³-hybridized carbons (Fsp3) is 0.0638. The number of nitrogens with zero attached hydrogens (tertiary/aromatic N) is 4. The molecular weight excluding hydrogens is 621 g/mol. The van der Waals surface area contributed by atoms with Gasteiger partial charge in [0.1, 0.15) is 0 Å². The zero-order valence-electron chi connectivity index (χ0n) is 28.3. The molecule has 51 heavy (non-hydrogen) atoms. The number of hydrogen-bond acceptors (Lipinski definition) is 4. The van der Waals surface area contributed by atoms with Crippen LogP contribution in [0.25, 0.3) is 67.3 Å². The molecule has 7 aromatic rings. The monoisotopic (exact) mass is 654 g/mol. The lowest BCUT2D eigenvalue weighted by Crippen LogP contribution is -2.04. The summed E-state index contributed by atoms with van der Waals surface area (Å²) in [5.41, 5.74) is 14.4. The third kappa shape index (κ3) is 5.51. The quantitative estimate of drug-likeness (QED) is 0.179. The number of allylic oxidation sites excluding steroid dienone is 7. The molecule has 2 aliphatic rings. The summed E-state index contributed by atoms with van der Waals surface area (Å²) in [5.74, 6) is 2.18. The van der Waals surface area contributed by atoms with Crippen molar-refractivity contribution in [3.63, 3.8) is 0 Å². The Bertz CT molecular complexity index is 2520. The first-order valence-corrected chi connectivity index (χ1v) is 17.4. The van der Waals surface area contributed by atoms with Crippen LogP contribution in [0.3, 0.4) is 0 Å². The summed E-state index contributed by atoms with van der Waals surface area (Å²) in [6.07, 6.45) is 9.64. The van der Waals surface area contributed by atoms with E-state index in [4.69, 9.17) is 21.5 Å². The fourth-order valence-electron chi connectivity index (χ4n) is 7.54. The van der Waals surface area contributed by atoms with Crippen molar-refractivity contribution in [1.29, 1.82) is 0 Å². The van der Waals surface area contributed by atoms with E-state index in [9.17, 15) is 0 Å². The second-order valence-electron chi connectivity index (χ2n) is 13.0. The molecule has 0 aliphatic heterocycles. The predicted octanol–water partition coefficient (Wildman–Crippen LogP) is 11.6. The van der Waals surface area contributed by atoms with E-state index in [0.717, 1.165) is 56.3 Å². The Morgan fingerprint density at radius 3 is 2.04 bits per heavy atom. The molecule has 2 heterocycles. The van der Waals surface area contributed by atoms with Gasteiger partial charge in [-0.2, -0.15) is 0 Å². The van der Waals surface area contributed by atoms with E-state index in [1.54, 1.807) is 0 Å². The molecule has 1 atom stereocenters. The van der Waals surface area contributed by atoms with Crippen LogP contribution in [0.4, 0.5) is 0 Å². The molecule has 0 radical (unpaired) electrons. The standard InChI is InChI=1S/C47H34N4/c1-3-38-40-19-10-11-20-41(40)42-22-12-21-39(44(38)42)30(2)35-27-36(33-23-24-43-34(26-33)18-13-25-48-43)29-37(28-35)47-50-45(31-14-6-4-7-15-31)49-46(51-47)32-16-8-5-9-17-32/h3-21,23-29,42H,2,22H2,1H3/b38-3-. The largest absolute Gasteiger partial charge is 0.256 e. The molecule has 4 nitrogen and oxygen atoms in total. The van der Waals surface area contributed by atoms with Crippen LogP contribution in [0.1, 0.15) is 36.0 Å². The van der Waals surface area contributed by atoms with E-state index < -0.39 is 0 Å². The number of pyridine rings is 1. The van der Waals surface area contributed by atoms with Gasteiger partial charge in [-0.25, -0.2) is 15.0 Å². The minimum absolute atomic E-state index is 0.310. The molecule has 0 spiro atoms. The van der Waals surface area contributed by atoms with Gasteiger partial charge in [0.05, 0.1) is 5.52 Å². The lowest BCUT2D eigenvalue weighted by atomic mass is 9.81. The zero-order chi connectivity index (χ0) is 34.3. The van der Waals surface area contributed by atoms with Crippen molar-refractivity contribution in [3.05, 3.63) is 192 Å². The fourth-order valence-corrected chi connectivity index (χ4v) is 7.54. The molecule has 0 fully saturated rings. The molecule has 0 amide bonds. The Balaban J connectivity index is 1.26. The molecule has 2 aromatic heterocycles. The van der Waals surface area contributed by atoms with Crippen molar-refractivity contribution in [1.82, 2.24) is 19.9 Å². The van der Waals surface area contributed by atoms with Crippen molar-refractivity contribution in [2.24, 2.45) is 0 Å². The molecule has 4 heteroatoms. The molecule has 0 bridgehead atoms. The van der Waals surface area contributed by atoms with E-state index in [2.05, 4.69) is 96.9 Å². The zero-order valence-corrected chi connectivity index (χ0v) is 28.3. The smallest absolute Gasteiger partial charge is 0.164 e. The van der Waals surface area contributed by atoms with Gasteiger partial charge in [0.25, 0.3) is 0 Å². The summed E-state index contributed by atoms with van der Waals surface area (Å²) in [4.78, 5) is 19.7. The summed E-state index contributed by atoms with van der Waals surface area (Å²) < 4.78 is 0. The van der Waals surface area contributed by atoms with Crippen LogP contribution >= 0.6 is 0 Å². The molecule has 2 aliphatic carbocycles. The normalized spacial score (nSPS) is 15.6. The van der Waals surface area contributed by atoms with Crippen molar-refractivity contribution < 1.29 is 0 Å². The molecular formula is C47H34N4. The van der Waals surface area contributed by atoms with Gasteiger partial charge in [-0.15, -0.1) is 0 Å². The predicted molar refractivity (Wildman–Crippen MR) is 210 cm³/mol. The van der Waals surface area contributed by atoms with Gasteiger partial charge in [-0.1, -0.05) is 122 Å². The summed E-state index contributed by atoms with van der Waals surface area (Å²) >= 11 is 0. The number of rotatable bonds is 6. The lowest BCUT2D eigenvalue weighted by molar-refractivity contribution is 0.838. The van der Waals surface area contributed by atoms with Crippen molar-refractivity contribution in [2.45, 2.75) is 19.3 Å². The Hall–Kier alpha value is -6.52. The Kier molecular flexibility index (Phi) is 7.63. The second-order valence-corrected chi connectivity index (χ2v) is 13.0. The summed E-state index contributed by atoms with van der Waals surface area (Å²) in [7, 11) is 0. The molecule has 1 unspecified atom stereocenters. The average molecular weight is 655 g/mol. The van der Waals surface area contributed by atoms with E-state index in [0.29, 0.717) is 23.4 Å². The third-order valence-electron chi connectivity index (χ3n) is 10.0. The number of fused-ring (bicyclic) bond motifs is 4. The first-order chi connectivity index (χ1) is 25.1. The first-order valence-electron chi connectivity index (χ1n) is 17.4. The van der Waals surface area contributed by atoms with Gasteiger partial charge < -0.3 is 0 Å². The van der Waals surface area contributed by atoms with E-state index >= 15 is 0 Å². The van der Waals surface area contributed by atoms with Crippen LogP contribution in [-0.4, -0.2) is 19.9 Å². The van der Waals surface area contributed by atoms with Crippen LogP contribution in [0.5, 0.6) is 0 Å². The van der Waals surface area contributed by atoms with Crippen molar-refractivity contribution >= 4 is 22.0 Å². The van der Waals surface area contributed by atoms with Crippen molar-refractivity contribution in [2.75, 3.05) is 0 Å². The number of benzene rings is 5. The van der Waals surface area contributed by atoms with Gasteiger partial charge in [-0.3, -0.25) is 4.98 Å². The highest BCUT2D eigenvalue weighted by molar-refractivity contribution is 5.97. The highest BCUT2D eigenvalue weighted by Crippen LogP contribution is 2.52. The van der Waals surface area contributed by atoms with E-state index in [-0.39, 0.29) is 0 Å². The van der Waals surface area contributed by atoms with Crippen LogP contribution < -0.4 is 0 Å². The summed E-state index contributed by atoms with van der Waals surface area (Å²) in [6.45, 7) is 6.93. The Morgan fingerprint density at radius 2 is 1.31 bits per heavy atom.